The van der Waals surface area contributed by atoms with Crippen LogP contribution in [0.1, 0.15) is 25.8 Å². The Morgan fingerprint density at radius 1 is 1.30 bits per heavy atom. The highest BCUT2D eigenvalue weighted by Gasteiger charge is 2.30. The zero-order chi connectivity index (χ0) is 16.4. The van der Waals surface area contributed by atoms with Gasteiger partial charge >= 0.3 is 5.69 Å². The standard InChI is InChI=1S/C16H19N5O2/c1-11(2)19-15-14(21(22)23)16(18-10-17-15)20-9-5-7-12-6-3-4-8-13(12)20/h3-4,6,8,10-11H,5,7,9H2,1-2H3,(H,17,18,19). The van der Waals surface area contributed by atoms with E-state index in [0.29, 0.717) is 12.4 Å². The average Bonchev–Trinajstić information content (AvgIpc) is 2.53. The van der Waals surface area contributed by atoms with Crippen LogP contribution in [0.3, 0.4) is 0 Å². The maximum Gasteiger partial charge on any atom is 0.353 e. The number of para-hydroxylation sites is 1. The molecule has 0 spiro atoms. The summed E-state index contributed by atoms with van der Waals surface area (Å²) in [5, 5.41) is 14.7. The smallest absolute Gasteiger partial charge is 0.353 e. The third-order valence-electron chi connectivity index (χ3n) is 3.78. The topological polar surface area (TPSA) is 84.2 Å². The summed E-state index contributed by atoms with van der Waals surface area (Å²) in [5.74, 6) is 0.610. The molecule has 0 aliphatic carbocycles. The van der Waals surface area contributed by atoms with Gasteiger partial charge in [0.15, 0.2) is 0 Å². The first-order valence-electron chi connectivity index (χ1n) is 7.69. The molecule has 0 bridgehead atoms. The number of rotatable bonds is 4. The molecule has 1 aromatic heterocycles. The molecule has 1 aromatic carbocycles. The van der Waals surface area contributed by atoms with E-state index in [1.165, 1.54) is 11.9 Å². The Kier molecular flexibility index (Phi) is 4.10. The molecule has 0 radical (unpaired) electrons. The molecule has 7 nitrogen and oxygen atoms in total. The van der Waals surface area contributed by atoms with Gasteiger partial charge in [0, 0.05) is 18.3 Å². The van der Waals surface area contributed by atoms with E-state index in [4.69, 9.17) is 0 Å². The lowest BCUT2D eigenvalue weighted by atomic mass is 10.0. The van der Waals surface area contributed by atoms with Crippen molar-refractivity contribution in [1.29, 1.82) is 0 Å². The van der Waals surface area contributed by atoms with Gasteiger partial charge in [0.1, 0.15) is 6.33 Å². The molecule has 7 heteroatoms. The molecule has 1 N–H and O–H groups in total. The first-order chi connectivity index (χ1) is 11.1. The molecule has 2 heterocycles. The van der Waals surface area contributed by atoms with E-state index in [2.05, 4.69) is 21.4 Å². The highest BCUT2D eigenvalue weighted by molar-refractivity contribution is 5.77. The SMILES string of the molecule is CC(C)Nc1ncnc(N2CCCc3ccccc32)c1[N+](=O)[O-]. The monoisotopic (exact) mass is 313 g/mol. The fraction of sp³-hybridized carbons (Fsp3) is 0.375. The predicted molar refractivity (Wildman–Crippen MR) is 89.2 cm³/mol. The molecular formula is C16H19N5O2. The first kappa shape index (κ1) is 15.2. The Morgan fingerprint density at radius 2 is 2.09 bits per heavy atom. The summed E-state index contributed by atoms with van der Waals surface area (Å²) < 4.78 is 0. The second-order valence-corrected chi connectivity index (χ2v) is 5.83. The second kappa shape index (κ2) is 6.20. The zero-order valence-corrected chi connectivity index (χ0v) is 13.2. The van der Waals surface area contributed by atoms with Crippen molar-refractivity contribution < 1.29 is 4.92 Å². The lowest BCUT2D eigenvalue weighted by Gasteiger charge is -2.30. The summed E-state index contributed by atoms with van der Waals surface area (Å²) in [6, 6.07) is 8.02. The maximum atomic E-state index is 11.6. The minimum absolute atomic E-state index is 0.0464. The summed E-state index contributed by atoms with van der Waals surface area (Å²) in [4.78, 5) is 21.4. The molecule has 0 saturated carbocycles. The van der Waals surface area contributed by atoms with Gasteiger partial charge in [-0.2, -0.15) is 0 Å². The number of anilines is 3. The molecule has 2 aromatic rings. The van der Waals surface area contributed by atoms with Crippen LogP contribution in [-0.2, 0) is 6.42 Å². The Balaban J connectivity index is 2.12. The van der Waals surface area contributed by atoms with Crippen molar-refractivity contribution >= 4 is 23.0 Å². The lowest BCUT2D eigenvalue weighted by molar-refractivity contribution is -0.383. The average molecular weight is 313 g/mol. The normalized spacial score (nSPS) is 13.8. The van der Waals surface area contributed by atoms with E-state index in [1.807, 2.05) is 36.9 Å². The van der Waals surface area contributed by atoms with Gasteiger partial charge in [-0.25, -0.2) is 9.97 Å². The molecule has 0 saturated heterocycles. The molecule has 23 heavy (non-hydrogen) atoms. The van der Waals surface area contributed by atoms with Crippen LogP contribution in [0.15, 0.2) is 30.6 Å². The van der Waals surface area contributed by atoms with E-state index < -0.39 is 4.92 Å². The summed E-state index contributed by atoms with van der Waals surface area (Å²) in [6.07, 6.45) is 3.29. The van der Waals surface area contributed by atoms with Crippen molar-refractivity contribution in [2.24, 2.45) is 0 Å². The largest absolute Gasteiger partial charge is 0.362 e. The molecule has 1 aliphatic heterocycles. The van der Waals surface area contributed by atoms with E-state index in [1.54, 1.807) is 0 Å². The van der Waals surface area contributed by atoms with E-state index in [0.717, 1.165) is 18.5 Å². The summed E-state index contributed by atoms with van der Waals surface area (Å²) in [6.45, 7) is 4.54. The zero-order valence-electron chi connectivity index (χ0n) is 13.2. The number of aryl methyl sites for hydroxylation is 1. The number of fused-ring (bicyclic) bond motifs is 1. The maximum absolute atomic E-state index is 11.6. The molecule has 0 unspecified atom stereocenters. The van der Waals surface area contributed by atoms with Crippen LogP contribution in [0.2, 0.25) is 0 Å². The second-order valence-electron chi connectivity index (χ2n) is 5.83. The highest BCUT2D eigenvalue weighted by Crippen LogP contribution is 2.39. The number of aromatic nitrogens is 2. The van der Waals surface area contributed by atoms with Gasteiger partial charge in [-0.3, -0.25) is 10.1 Å². The number of nitro groups is 1. The van der Waals surface area contributed by atoms with Crippen LogP contribution in [0, 0.1) is 10.1 Å². The van der Waals surface area contributed by atoms with Crippen molar-refractivity contribution in [2.75, 3.05) is 16.8 Å². The van der Waals surface area contributed by atoms with Gasteiger partial charge in [0.25, 0.3) is 0 Å². The first-order valence-corrected chi connectivity index (χ1v) is 7.69. The van der Waals surface area contributed by atoms with Crippen molar-refractivity contribution in [3.8, 4) is 0 Å². The van der Waals surface area contributed by atoms with Crippen LogP contribution in [0.5, 0.6) is 0 Å². The predicted octanol–water partition coefficient (Wildman–Crippen LogP) is 3.29. The minimum Gasteiger partial charge on any atom is -0.362 e. The minimum atomic E-state index is -0.405. The summed E-state index contributed by atoms with van der Waals surface area (Å²) in [7, 11) is 0. The Morgan fingerprint density at radius 3 is 2.83 bits per heavy atom. The quantitative estimate of drug-likeness (QED) is 0.688. The molecule has 0 atom stereocenters. The third-order valence-corrected chi connectivity index (χ3v) is 3.78. The highest BCUT2D eigenvalue weighted by atomic mass is 16.6. The third kappa shape index (κ3) is 2.94. The van der Waals surface area contributed by atoms with Crippen molar-refractivity contribution in [2.45, 2.75) is 32.7 Å². The van der Waals surface area contributed by atoms with Crippen molar-refractivity contribution in [3.63, 3.8) is 0 Å². The van der Waals surface area contributed by atoms with Crippen LogP contribution in [0.25, 0.3) is 0 Å². The van der Waals surface area contributed by atoms with Gasteiger partial charge in [0.05, 0.1) is 4.92 Å². The number of nitrogens with one attached hydrogen (secondary N) is 1. The van der Waals surface area contributed by atoms with Gasteiger partial charge in [-0.15, -0.1) is 0 Å². The van der Waals surface area contributed by atoms with Crippen LogP contribution in [0.4, 0.5) is 23.0 Å². The number of hydrogen-bond donors (Lipinski definition) is 1. The van der Waals surface area contributed by atoms with Gasteiger partial charge in [0.2, 0.25) is 11.6 Å². The molecule has 120 valence electrons. The van der Waals surface area contributed by atoms with Gasteiger partial charge in [-0.05, 0) is 38.3 Å². The van der Waals surface area contributed by atoms with E-state index >= 15 is 0 Å². The molecule has 3 rings (SSSR count). The summed E-state index contributed by atoms with van der Waals surface area (Å²) in [5.41, 5.74) is 2.10. The number of nitrogens with zero attached hydrogens (tertiary/aromatic N) is 4. The Labute approximate surface area is 134 Å². The number of benzene rings is 1. The lowest BCUT2D eigenvalue weighted by Crippen LogP contribution is -2.26. The van der Waals surface area contributed by atoms with Gasteiger partial charge < -0.3 is 10.2 Å². The van der Waals surface area contributed by atoms with Crippen LogP contribution in [-0.4, -0.2) is 27.5 Å². The van der Waals surface area contributed by atoms with Crippen LogP contribution >= 0.6 is 0 Å². The number of hydrogen-bond acceptors (Lipinski definition) is 6. The molecular weight excluding hydrogens is 294 g/mol. The molecule has 0 fully saturated rings. The van der Waals surface area contributed by atoms with Crippen LogP contribution < -0.4 is 10.2 Å². The van der Waals surface area contributed by atoms with E-state index in [-0.39, 0.29) is 17.5 Å². The fourth-order valence-electron chi connectivity index (χ4n) is 2.87. The van der Waals surface area contributed by atoms with E-state index in [9.17, 15) is 10.1 Å². The molecule has 0 amide bonds. The van der Waals surface area contributed by atoms with Crippen molar-refractivity contribution in [1.82, 2.24) is 9.97 Å². The summed E-state index contributed by atoms with van der Waals surface area (Å²) >= 11 is 0. The fourth-order valence-corrected chi connectivity index (χ4v) is 2.87. The molecule has 1 aliphatic rings. The Bertz CT molecular complexity index is 732. The van der Waals surface area contributed by atoms with Gasteiger partial charge in [-0.1, -0.05) is 18.2 Å². The van der Waals surface area contributed by atoms with Crippen molar-refractivity contribution in [3.05, 3.63) is 46.3 Å². The Hall–Kier alpha value is -2.70.